The summed E-state index contributed by atoms with van der Waals surface area (Å²) in [6.45, 7) is -0.632. The number of anilines is 2. The Labute approximate surface area is 453 Å². The lowest BCUT2D eigenvalue weighted by Gasteiger charge is -2.27. The van der Waals surface area contributed by atoms with Crippen molar-refractivity contribution in [1.29, 1.82) is 0 Å². The molecule has 0 spiro atoms. The van der Waals surface area contributed by atoms with E-state index >= 15 is 0 Å². The quantitative estimate of drug-likeness (QED) is 0.0511. The van der Waals surface area contributed by atoms with Crippen molar-refractivity contribution in [3.8, 4) is 5.75 Å². The van der Waals surface area contributed by atoms with Gasteiger partial charge in [0.1, 0.15) is 19.0 Å². The van der Waals surface area contributed by atoms with Crippen LogP contribution in [0.5, 0.6) is 5.75 Å². The molecule has 3 amide bonds. The van der Waals surface area contributed by atoms with Crippen LogP contribution in [-0.4, -0.2) is 81.5 Å². The number of hydrogen-bond donors (Lipinski definition) is 5. The van der Waals surface area contributed by atoms with Crippen LogP contribution < -0.4 is 20.7 Å². The van der Waals surface area contributed by atoms with Gasteiger partial charge in [-0.3, -0.25) is 25.4 Å². The number of ether oxygens (including phenoxy) is 1. The fourth-order valence-corrected chi connectivity index (χ4v) is 6.99. The van der Waals surface area contributed by atoms with Crippen LogP contribution >= 0.6 is 35.6 Å². The average Bonchev–Trinajstić information content (AvgIpc) is 3.34. The van der Waals surface area contributed by atoms with Crippen molar-refractivity contribution >= 4 is 75.9 Å². The number of nitrogens with zero attached hydrogens (tertiary/aromatic N) is 4. The van der Waals surface area contributed by atoms with Gasteiger partial charge in [-0.15, -0.1) is 12.4 Å². The third-order valence-electron chi connectivity index (χ3n) is 10.3. The van der Waals surface area contributed by atoms with E-state index in [1.165, 1.54) is 35.2 Å². The Kier molecular flexibility index (Phi) is 27.8. The molecule has 0 unspecified atom stereocenters. The second-order valence-electron chi connectivity index (χ2n) is 15.3. The van der Waals surface area contributed by atoms with Crippen molar-refractivity contribution in [2.75, 3.05) is 50.0 Å². The van der Waals surface area contributed by atoms with E-state index in [0.717, 1.165) is 92.1 Å². The van der Waals surface area contributed by atoms with E-state index in [1.54, 1.807) is 6.08 Å². The van der Waals surface area contributed by atoms with Gasteiger partial charge >= 0.3 is 24.5 Å². The Bertz CT molecular complexity index is 2770. The van der Waals surface area contributed by atoms with Crippen molar-refractivity contribution < 1.29 is 73.4 Å². The van der Waals surface area contributed by atoms with Gasteiger partial charge in [-0.25, -0.2) is 9.59 Å². The number of aliphatic hydroxyl groups is 2. The van der Waals surface area contributed by atoms with Crippen LogP contribution in [0.4, 0.5) is 70.6 Å². The largest absolute Gasteiger partial charge is 0.417 e. The minimum atomic E-state index is -4.46. The Morgan fingerprint density at radius 2 is 1.12 bits per heavy atom. The molecule has 0 atom stereocenters. The molecule has 0 bridgehead atoms. The third-order valence-corrected chi connectivity index (χ3v) is 10.8. The van der Waals surface area contributed by atoms with Crippen LogP contribution in [0.2, 0.25) is 10.0 Å². The molecule has 2 aliphatic rings. The number of alkyl halides is 10. The van der Waals surface area contributed by atoms with Crippen LogP contribution in [0.15, 0.2) is 109 Å². The third kappa shape index (κ3) is 20.1. The average molecular weight is 1160 g/mol. The highest BCUT2D eigenvalue weighted by atomic mass is 35.5. The van der Waals surface area contributed by atoms with Gasteiger partial charge in [-0.1, -0.05) is 65.1 Å². The minimum absolute atomic E-state index is 0. The second kappa shape index (κ2) is 30.4. The van der Waals surface area contributed by atoms with E-state index in [2.05, 4.69) is 25.9 Å². The Morgan fingerprint density at radius 3 is 1.48 bits per heavy atom. The number of carbonyl (C=O) groups excluding carboxylic acids is 2. The first-order valence-electron chi connectivity index (χ1n) is 20.8. The number of halogens is 13. The van der Waals surface area contributed by atoms with E-state index < -0.39 is 71.1 Å². The molecule has 5 aromatic rings. The molecule has 0 fully saturated rings. The molecule has 2 aromatic heterocycles. The predicted octanol–water partition coefficient (Wildman–Crippen LogP) is 14.5. The van der Waals surface area contributed by atoms with Crippen molar-refractivity contribution in [3.05, 3.63) is 163 Å². The molecule has 0 radical (unpaired) electrons. The molecule has 5 N–H and O–H groups in total. The van der Waals surface area contributed by atoms with Gasteiger partial charge in [-0.05, 0) is 103 Å². The molecule has 4 heterocycles. The van der Waals surface area contributed by atoms with Gasteiger partial charge in [0.05, 0.1) is 37.5 Å². The first-order chi connectivity index (χ1) is 33.8. The number of pyridine rings is 2. The number of nitrogens with one attached hydrogen (secondary N) is 3. The molecule has 0 saturated heterocycles. The Hall–Kier alpha value is -6.57. The summed E-state index contributed by atoms with van der Waals surface area (Å²) in [5.74, 6) is -6.71. The molecule has 2 aliphatic heterocycles. The minimum Gasteiger partial charge on any atom is -0.410 e. The number of hydrogen-bond acceptors (Lipinski definition) is 10. The summed E-state index contributed by atoms with van der Waals surface area (Å²) in [6, 6.07) is 14.4. The zero-order valence-electron chi connectivity index (χ0n) is 37.2. The highest BCUT2D eigenvalue weighted by Crippen LogP contribution is 2.35. The van der Waals surface area contributed by atoms with Crippen LogP contribution in [0.25, 0.3) is 11.1 Å². The molecular weight excluding hydrogens is 1110 g/mol. The SMILES string of the molecule is C.C.C.C.Cl.O=C(Nc1ccc(C(F)(F)F)cc1)N1CC=C(c2ncc(C(F)(F)CO)cc2Cl)CC1.O=C(Nc1ccc(C(F)(F)F)cc1)Oc1ccc([N+](=O)[O-])cc1.OCC(F)(F)c1cnc(C2=CCNCC2)c(Cl)c1. The summed E-state index contributed by atoms with van der Waals surface area (Å²) in [5, 5.41) is 36.0. The fraction of sp³-hybridized carbons (Fsp3) is 0.320. The number of aromatic nitrogens is 2. The normalized spacial score (nSPS) is 13.1. The van der Waals surface area contributed by atoms with E-state index in [-0.39, 0.29) is 93.6 Å². The van der Waals surface area contributed by atoms with Crippen molar-refractivity contribution in [2.24, 2.45) is 0 Å². The lowest BCUT2D eigenvalue weighted by atomic mass is 10.0. The zero-order valence-corrected chi connectivity index (χ0v) is 39.5. The van der Waals surface area contributed by atoms with E-state index in [0.29, 0.717) is 23.4 Å². The predicted molar refractivity (Wildman–Crippen MR) is 279 cm³/mol. The Morgan fingerprint density at radius 1 is 0.675 bits per heavy atom. The van der Waals surface area contributed by atoms with Gasteiger partial charge in [0.2, 0.25) is 0 Å². The van der Waals surface area contributed by atoms with E-state index in [9.17, 15) is 63.6 Å². The molecule has 0 saturated carbocycles. The Balaban J connectivity index is 0.00000113. The maximum absolute atomic E-state index is 13.6. The van der Waals surface area contributed by atoms with Gasteiger partial charge in [0.15, 0.2) is 0 Å². The molecule has 3 aromatic carbocycles. The number of amides is 3. The first kappa shape index (κ1) is 70.4. The van der Waals surface area contributed by atoms with Crippen molar-refractivity contribution in [3.63, 3.8) is 0 Å². The number of aliphatic hydroxyl groups excluding tert-OH is 2. The summed E-state index contributed by atoms with van der Waals surface area (Å²) in [6.07, 6.45) is -3.10. The maximum atomic E-state index is 13.6. The molecule has 0 aliphatic carbocycles. The number of benzene rings is 3. The van der Waals surface area contributed by atoms with Gasteiger partial charge < -0.3 is 30.5 Å². The monoisotopic (exact) mass is 1160 g/mol. The van der Waals surface area contributed by atoms with Crippen LogP contribution in [-0.2, 0) is 24.2 Å². The summed E-state index contributed by atoms with van der Waals surface area (Å²) in [7, 11) is 0. The molecule has 424 valence electrons. The molecule has 7 rings (SSSR count). The molecular formula is C50H56Cl3F10N7O7. The first-order valence-corrected chi connectivity index (χ1v) is 21.6. The highest BCUT2D eigenvalue weighted by molar-refractivity contribution is 6.32. The van der Waals surface area contributed by atoms with Crippen LogP contribution in [0.1, 0.15) is 76.2 Å². The summed E-state index contributed by atoms with van der Waals surface area (Å²) in [5.41, 5.74) is 0.113. The summed E-state index contributed by atoms with van der Waals surface area (Å²) in [4.78, 5) is 43.2. The van der Waals surface area contributed by atoms with Crippen LogP contribution in [0, 0.1) is 10.1 Å². The number of rotatable bonds is 10. The number of carbonyl (C=O) groups is 2. The van der Waals surface area contributed by atoms with E-state index in [4.69, 9.17) is 38.2 Å². The topological polar surface area (TPSA) is 192 Å². The van der Waals surface area contributed by atoms with Gasteiger partial charge in [0.25, 0.3) is 17.5 Å². The maximum Gasteiger partial charge on any atom is 0.417 e. The van der Waals surface area contributed by atoms with Crippen LogP contribution in [0.3, 0.4) is 0 Å². The molecule has 14 nitrogen and oxygen atoms in total. The number of non-ortho nitro benzene ring substituents is 1. The number of nitro groups is 1. The highest BCUT2D eigenvalue weighted by Gasteiger charge is 2.34. The lowest BCUT2D eigenvalue weighted by molar-refractivity contribution is -0.384. The van der Waals surface area contributed by atoms with Crippen molar-refractivity contribution in [2.45, 2.75) is 66.7 Å². The smallest absolute Gasteiger partial charge is 0.410 e. The second-order valence-corrected chi connectivity index (χ2v) is 16.1. The fourth-order valence-electron chi connectivity index (χ4n) is 6.41. The number of nitro benzene ring substituents is 1. The number of urea groups is 1. The van der Waals surface area contributed by atoms with Gasteiger partial charge in [0, 0.05) is 66.7 Å². The van der Waals surface area contributed by atoms with Gasteiger partial charge in [-0.2, -0.15) is 43.9 Å². The molecule has 27 heteroatoms. The zero-order chi connectivity index (χ0) is 53.0. The van der Waals surface area contributed by atoms with E-state index in [1.807, 2.05) is 6.08 Å². The standard InChI is InChI=1S/C20H17ClF5N3O2.C14H9F3N2O4.C12H13ClF2N2O.4CH4.ClH/c21-16-9-14(19(22,23)11-30)10-27-17(16)12-5-7-29(8-6-12)18(31)28-15-3-1-13(2-4-15)20(24,25)26;15-14(16,17)9-1-3-10(4-2-9)18-13(20)23-12-7-5-11(6-8-12)19(21)22;13-10-5-9(12(14,15)7-18)6-17-11(10)8-1-3-16-4-2-8;;;;;/h1-5,9-10,30H,6-8,11H2,(H,28,31);1-8H,(H,18,20);1,5-6,16,18H,2-4,7H2;4*1H4;1H. The lowest BCUT2D eigenvalue weighted by Crippen LogP contribution is -2.38. The van der Waals surface area contributed by atoms with Crippen molar-refractivity contribution in [1.82, 2.24) is 20.2 Å². The molecule has 77 heavy (non-hydrogen) atoms. The summed E-state index contributed by atoms with van der Waals surface area (Å²) >= 11 is 12.1. The summed E-state index contributed by atoms with van der Waals surface area (Å²) < 4.78 is 134.